The number of nitrogens with zero attached hydrogens (tertiary/aromatic N) is 1. The van der Waals surface area contributed by atoms with Gasteiger partial charge in [-0.2, -0.15) is 0 Å². The number of aliphatic hydroxyl groups is 2. The van der Waals surface area contributed by atoms with E-state index in [9.17, 15) is 5.11 Å². The molecule has 0 aromatic rings. The molecule has 0 aliphatic heterocycles. The second kappa shape index (κ2) is 6.35. The first-order chi connectivity index (χ1) is 6.14. The summed E-state index contributed by atoms with van der Waals surface area (Å²) < 4.78 is 1.04. The molecule has 0 amide bonds. The summed E-state index contributed by atoms with van der Waals surface area (Å²) in [6.45, 7) is 10.7. The van der Waals surface area contributed by atoms with Crippen LogP contribution in [0.3, 0.4) is 0 Å². The monoisotopic (exact) mass is 190 g/mol. The van der Waals surface area contributed by atoms with Crippen LogP contribution in [-0.4, -0.2) is 53.6 Å². The van der Waals surface area contributed by atoms with Crippen molar-refractivity contribution < 1.29 is 14.7 Å². The van der Waals surface area contributed by atoms with Crippen LogP contribution in [0.15, 0.2) is 0 Å². The highest BCUT2D eigenvalue weighted by molar-refractivity contribution is 4.52. The third-order valence-corrected chi connectivity index (χ3v) is 3.16. The summed E-state index contributed by atoms with van der Waals surface area (Å²) in [4.78, 5) is 0. The minimum atomic E-state index is -0.540. The molecule has 0 spiro atoms. The van der Waals surface area contributed by atoms with Crippen LogP contribution in [0, 0.1) is 0 Å². The highest BCUT2D eigenvalue weighted by atomic mass is 16.3. The Morgan fingerprint density at radius 3 is 1.85 bits per heavy atom. The molecular weight excluding hydrogens is 166 g/mol. The van der Waals surface area contributed by atoms with Gasteiger partial charge in [0.15, 0.2) is 0 Å². The Bertz CT molecular complexity index is 116. The molecule has 3 heteroatoms. The number of quaternary nitrogens is 1. The molecule has 13 heavy (non-hydrogen) atoms. The lowest BCUT2D eigenvalue weighted by molar-refractivity contribution is -0.923. The van der Waals surface area contributed by atoms with Gasteiger partial charge in [-0.15, -0.1) is 0 Å². The Labute approximate surface area is 81.6 Å². The van der Waals surface area contributed by atoms with E-state index in [1.807, 2.05) is 0 Å². The van der Waals surface area contributed by atoms with Gasteiger partial charge in [0, 0.05) is 6.42 Å². The highest BCUT2D eigenvalue weighted by Crippen LogP contribution is 2.08. The SMILES string of the molecule is CC[N+](CC)(CC)CCC(O)CO. The van der Waals surface area contributed by atoms with E-state index in [-0.39, 0.29) is 6.61 Å². The summed E-state index contributed by atoms with van der Waals surface area (Å²) in [5.41, 5.74) is 0. The average molecular weight is 190 g/mol. The van der Waals surface area contributed by atoms with E-state index in [1.54, 1.807) is 0 Å². The third kappa shape index (κ3) is 4.07. The van der Waals surface area contributed by atoms with Crippen molar-refractivity contribution in [2.24, 2.45) is 0 Å². The summed E-state index contributed by atoms with van der Waals surface area (Å²) in [5.74, 6) is 0. The summed E-state index contributed by atoms with van der Waals surface area (Å²) in [6.07, 6.45) is 0.161. The fourth-order valence-corrected chi connectivity index (χ4v) is 1.66. The second-order valence-corrected chi connectivity index (χ2v) is 3.64. The number of aliphatic hydroxyl groups excluding tert-OH is 2. The van der Waals surface area contributed by atoms with Crippen molar-refractivity contribution in [1.29, 1.82) is 0 Å². The Balaban J connectivity index is 3.95. The fraction of sp³-hybridized carbons (Fsp3) is 1.00. The van der Waals surface area contributed by atoms with Gasteiger partial charge in [-0.1, -0.05) is 0 Å². The van der Waals surface area contributed by atoms with Crippen LogP contribution in [-0.2, 0) is 0 Å². The van der Waals surface area contributed by atoms with Gasteiger partial charge in [-0.25, -0.2) is 0 Å². The molecular formula is C10H24NO2+. The van der Waals surface area contributed by atoms with Crippen molar-refractivity contribution in [2.75, 3.05) is 32.8 Å². The first kappa shape index (κ1) is 12.9. The van der Waals surface area contributed by atoms with Gasteiger partial charge < -0.3 is 14.7 Å². The van der Waals surface area contributed by atoms with Crippen LogP contribution in [0.1, 0.15) is 27.2 Å². The quantitative estimate of drug-likeness (QED) is 0.577. The summed E-state index contributed by atoms with van der Waals surface area (Å²) in [6, 6.07) is 0. The molecule has 0 saturated carbocycles. The van der Waals surface area contributed by atoms with Crippen molar-refractivity contribution >= 4 is 0 Å². The van der Waals surface area contributed by atoms with Crippen molar-refractivity contribution in [3.63, 3.8) is 0 Å². The maximum absolute atomic E-state index is 9.25. The molecule has 0 rings (SSSR count). The molecule has 0 bridgehead atoms. The van der Waals surface area contributed by atoms with Gasteiger partial charge in [-0.05, 0) is 20.8 Å². The first-order valence-corrected chi connectivity index (χ1v) is 5.28. The standard InChI is InChI=1S/C10H24NO2/c1-4-11(5-2,6-3)8-7-10(13)9-12/h10,12-13H,4-9H2,1-3H3/q+1. The normalized spacial score (nSPS) is 14.5. The molecule has 3 nitrogen and oxygen atoms in total. The zero-order chi connectivity index (χ0) is 10.3. The number of rotatable bonds is 7. The molecule has 0 aromatic heterocycles. The van der Waals surface area contributed by atoms with E-state index in [0.717, 1.165) is 30.7 Å². The molecule has 0 aliphatic rings. The predicted molar refractivity (Wildman–Crippen MR) is 54.5 cm³/mol. The van der Waals surface area contributed by atoms with E-state index >= 15 is 0 Å². The molecule has 0 fully saturated rings. The second-order valence-electron chi connectivity index (χ2n) is 3.64. The van der Waals surface area contributed by atoms with Crippen LogP contribution in [0.2, 0.25) is 0 Å². The van der Waals surface area contributed by atoms with Crippen molar-refractivity contribution in [3.8, 4) is 0 Å². The third-order valence-electron chi connectivity index (χ3n) is 3.16. The van der Waals surface area contributed by atoms with Crippen LogP contribution in [0.4, 0.5) is 0 Å². The van der Waals surface area contributed by atoms with Gasteiger partial charge in [0.05, 0.1) is 38.9 Å². The van der Waals surface area contributed by atoms with Crippen molar-refractivity contribution in [2.45, 2.75) is 33.3 Å². The summed E-state index contributed by atoms with van der Waals surface area (Å²) >= 11 is 0. The summed E-state index contributed by atoms with van der Waals surface area (Å²) in [5, 5.41) is 17.9. The average Bonchev–Trinajstić information content (AvgIpc) is 2.20. The number of hydrogen-bond donors (Lipinski definition) is 2. The van der Waals surface area contributed by atoms with E-state index in [0.29, 0.717) is 6.42 Å². The van der Waals surface area contributed by atoms with Gasteiger partial charge in [0.25, 0.3) is 0 Å². The highest BCUT2D eigenvalue weighted by Gasteiger charge is 2.21. The number of hydrogen-bond acceptors (Lipinski definition) is 2. The van der Waals surface area contributed by atoms with E-state index < -0.39 is 6.10 Å². The van der Waals surface area contributed by atoms with Gasteiger partial charge in [-0.3, -0.25) is 0 Å². The minimum Gasteiger partial charge on any atom is -0.394 e. The Morgan fingerprint density at radius 2 is 1.54 bits per heavy atom. The molecule has 2 N–H and O–H groups in total. The maximum atomic E-state index is 9.25. The zero-order valence-electron chi connectivity index (χ0n) is 9.16. The van der Waals surface area contributed by atoms with Gasteiger partial charge in [0.1, 0.15) is 0 Å². The lowest BCUT2D eigenvalue weighted by Gasteiger charge is -2.36. The van der Waals surface area contributed by atoms with E-state index in [1.165, 1.54) is 0 Å². The Hall–Kier alpha value is -0.120. The smallest absolute Gasteiger partial charge is 0.0824 e. The lowest BCUT2D eigenvalue weighted by atomic mass is 10.2. The van der Waals surface area contributed by atoms with Crippen LogP contribution < -0.4 is 0 Å². The molecule has 80 valence electrons. The zero-order valence-corrected chi connectivity index (χ0v) is 9.16. The summed E-state index contributed by atoms with van der Waals surface area (Å²) in [7, 11) is 0. The minimum absolute atomic E-state index is 0.114. The van der Waals surface area contributed by atoms with Crippen molar-refractivity contribution in [3.05, 3.63) is 0 Å². The molecule has 0 aromatic carbocycles. The van der Waals surface area contributed by atoms with Gasteiger partial charge in [0.2, 0.25) is 0 Å². The largest absolute Gasteiger partial charge is 0.394 e. The van der Waals surface area contributed by atoms with Gasteiger partial charge >= 0.3 is 0 Å². The van der Waals surface area contributed by atoms with Crippen molar-refractivity contribution in [1.82, 2.24) is 0 Å². The van der Waals surface area contributed by atoms with E-state index in [2.05, 4.69) is 20.8 Å². The molecule has 0 aliphatic carbocycles. The predicted octanol–water partition coefficient (Wildman–Crippen LogP) is 0.606. The fourth-order valence-electron chi connectivity index (χ4n) is 1.66. The molecule has 0 heterocycles. The Kier molecular flexibility index (Phi) is 6.29. The first-order valence-electron chi connectivity index (χ1n) is 5.28. The van der Waals surface area contributed by atoms with Crippen LogP contribution in [0.25, 0.3) is 0 Å². The maximum Gasteiger partial charge on any atom is 0.0824 e. The Morgan fingerprint density at radius 1 is 1.08 bits per heavy atom. The van der Waals surface area contributed by atoms with Crippen LogP contribution >= 0.6 is 0 Å². The lowest BCUT2D eigenvalue weighted by Crippen LogP contribution is -2.49. The molecule has 1 unspecified atom stereocenters. The van der Waals surface area contributed by atoms with Crippen LogP contribution in [0.5, 0.6) is 0 Å². The molecule has 0 radical (unpaired) electrons. The molecule has 1 atom stereocenters. The molecule has 0 saturated heterocycles. The topological polar surface area (TPSA) is 40.5 Å². The van der Waals surface area contributed by atoms with E-state index in [4.69, 9.17) is 5.11 Å².